The summed E-state index contributed by atoms with van der Waals surface area (Å²) in [4.78, 5) is 28.1. The third-order valence-corrected chi connectivity index (χ3v) is 6.78. The fraction of sp³-hybridized carbons (Fsp3) is 0.500. The highest BCUT2D eigenvalue weighted by Crippen LogP contribution is 2.26. The van der Waals surface area contributed by atoms with Gasteiger partial charge in [0, 0.05) is 51.0 Å². The minimum Gasteiger partial charge on any atom is -0.368 e. The van der Waals surface area contributed by atoms with Crippen LogP contribution in [0, 0.1) is 6.92 Å². The van der Waals surface area contributed by atoms with E-state index >= 15 is 0 Å². The van der Waals surface area contributed by atoms with Crippen LogP contribution in [0.4, 0.5) is 11.5 Å². The van der Waals surface area contributed by atoms with Crippen molar-refractivity contribution in [1.82, 2.24) is 14.9 Å². The van der Waals surface area contributed by atoms with Crippen molar-refractivity contribution in [1.29, 1.82) is 0 Å². The van der Waals surface area contributed by atoms with Gasteiger partial charge >= 0.3 is 0 Å². The quantitative estimate of drug-likeness (QED) is 0.395. The number of nitrogens with zero attached hydrogens (tertiary/aromatic N) is 5. The maximum atomic E-state index is 12.4. The number of thioether (sulfide) groups is 1. The second-order valence-electron chi connectivity index (χ2n) is 7.82. The van der Waals surface area contributed by atoms with E-state index in [1.807, 2.05) is 11.0 Å². The fourth-order valence-corrected chi connectivity index (χ4v) is 5.05. The average Bonchev–Trinajstić information content (AvgIpc) is 2.78. The van der Waals surface area contributed by atoms with Crippen molar-refractivity contribution in [2.75, 3.05) is 54.8 Å². The number of anilines is 2. The van der Waals surface area contributed by atoms with E-state index in [0.717, 1.165) is 57.9 Å². The Bertz CT molecular complexity index is 882. The Morgan fingerprint density at radius 2 is 1.70 bits per heavy atom. The van der Waals surface area contributed by atoms with Crippen LogP contribution in [0.25, 0.3) is 0 Å². The molecule has 2 fully saturated rings. The Kier molecular flexibility index (Phi) is 7.00. The summed E-state index contributed by atoms with van der Waals surface area (Å²) in [5, 5.41) is 0.999. The molecule has 160 valence electrons. The van der Waals surface area contributed by atoms with Gasteiger partial charge in [0.2, 0.25) is 5.91 Å². The van der Waals surface area contributed by atoms with Crippen molar-refractivity contribution in [2.45, 2.75) is 31.3 Å². The van der Waals surface area contributed by atoms with Crippen molar-refractivity contribution in [2.24, 2.45) is 0 Å². The number of hydrogen-bond acceptors (Lipinski definition) is 6. The fourth-order valence-electron chi connectivity index (χ4n) is 4.07. The summed E-state index contributed by atoms with van der Waals surface area (Å²) in [6, 6.07) is 10.3. The molecule has 3 heterocycles. The Morgan fingerprint density at radius 3 is 2.43 bits per heavy atom. The number of rotatable bonds is 5. The third-order valence-electron chi connectivity index (χ3n) is 5.75. The van der Waals surface area contributed by atoms with Gasteiger partial charge in [0.25, 0.3) is 0 Å². The van der Waals surface area contributed by atoms with Crippen LogP contribution in [-0.2, 0) is 4.79 Å². The van der Waals surface area contributed by atoms with Gasteiger partial charge in [-0.15, -0.1) is 0 Å². The first-order chi connectivity index (χ1) is 14.6. The van der Waals surface area contributed by atoms with E-state index in [-0.39, 0.29) is 5.91 Å². The SMILES string of the molecule is Cc1ccccc1N1CCN(c2cc(Cl)nc(SCC(=O)N3CCCCC3)n2)CC1. The van der Waals surface area contributed by atoms with Crippen LogP contribution in [0.3, 0.4) is 0 Å². The summed E-state index contributed by atoms with van der Waals surface area (Å²) >= 11 is 7.66. The van der Waals surface area contributed by atoms with Gasteiger partial charge in [-0.25, -0.2) is 9.97 Å². The molecule has 0 atom stereocenters. The molecular weight excluding hydrogens is 418 g/mol. The molecule has 0 radical (unpaired) electrons. The van der Waals surface area contributed by atoms with Gasteiger partial charge in [0.15, 0.2) is 5.16 Å². The standard InChI is InChI=1S/C22H28ClN5OS/c1-17-7-3-4-8-18(17)26-11-13-27(14-12-26)20-15-19(23)24-22(25-20)30-16-21(29)28-9-5-2-6-10-28/h3-4,7-8,15H,2,5-6,9-14,16H2,1H3. The molecule has 1 aromatic heterocycles. The van der Waals surface area contributed by atoms with Crippen LogP contribution >= 0.6 is 23.4 Å². The molecule has 2 aromatic rings. The van der Waals surface area contributed by atoms with E-state index in [2.05, 4.69) is 46.0 Å². The first-order valence-electron chi connectivity index (χ1n) is 10.6. The molecule has 1 amide bonds. The van der Waals surface area contributed by atoms with Crippen LogP contribution in [0.5, 0.6) is 0 Å². The molecule has 8 heteroatoms. The molecule has 6 nitrogen and oxygen atoms in total. The number of piperidine rings is 1. The molecule has 0 aliphatic carbocycles. The molecule has 2 aliphatic rings. The van der Waals surface area contributed by atoms with Gasteiger partial charge in [0.05, 0.1) is 5.75 Å². The Balaban J connectivity index is 1.36. The molecule has 0 N–H and O–H groups in total. The van der Waals surface area contributed by atoms with E-state index in [1.54, 1.807) is 0 Å². The zero-order chi connectivity index (χ0) is 20.9. The summed E-state index contributed by atoms with van der Waals surface area (Å²) in [5.74, 6) is 1.37. The lowest BCUT2D eigenvalue weighted by Crippen LogP contribution is -2.47. The zero-order valence-corrected chi connectivity index (χ0v) is 19.0. The Morgan fingerprint density at radius 1 is 1.00 bits per heavy atom. The van der Waals surface area contributed by atoms with Crippen molar-refractivity contribution < 1.29 is 4.79 Å². The molecule has 4 rings (SSSR count). The van der Waals surface area contributed by atoms with E-state index in [9.17, 15) is 4.79 Å². The molecule has 2 aliphatic heterocycles. The molecule has 2 saturated heterocycles. The lowest BCUT2D eigenvalue weighted by Gasteiger charge is -2.37. The largest absolute Gasteiger partial charge is 0.368 e. The van der Waals surface area contributed by atoms with Crippen molar-refractivity contribution >= 4 is 40.8 Å². The van der Waals surface area contributed by atoms with Gasteiger partial charge in [-0.2, -0.15) is 0 Å². The average molecular weight is 446 g/mol. The van der Waals surface area contributed by atoms with E-state index < -0.39 is 0 Å². The predicted octanol–water partition coefficient (Wildman–Crippen LogP) is 3.87. The first kappa shape index (κ1) is 21.2. The predicted molar refractivity (Wildman–Crippen MR) is 124 cm³/mol. The van der Waals surface area contributed by atoms with Gasteiger partial charge < -0.3 is 14.7 Å². The Labute approximate surface area is 187 Å². The van der Waals surface area contributed by atoms with Crippen LogP contribution in [0.15, 0.2) is 35.5 Å². The maximum Gasteiger partial charge on any atom is 0.233 e. The number of likely N-dealkylation sites (tertiary alicyclic amines) is 1. The first-order valence-corrected chi connectivity index (χ1v) is 12.0. The summed E-state index contributed by atoms with van der Waals surface area (Å²) in [5.41, 5.74) is 2.60. The van der Waals surface area contributed by atoms with Crippen LogP contribution in [0.2, 0.25) is 5.15 Å². The van der Waals surface area contributed by atoms with Gasteiger partial charge in [-0.1, -0.05) is 41.6 Å². The van der Waals surface area contributed by atoms with Crippen molar-refractivity contribution in [3.05, 3.63) is 41.0 Å². The highest BCUT2D eigenvalue weighted by molar-refractivity contribution is 7.99. The lowest BCUT2D eigenvalue weighted by molar-refractivity contribution is -0.129. The Hall–Kier alpha value is -1.99. The van der Waals surface area contributed by atoms with Gasteiger partial charge in [0.1, 0.15) is 11.0 Å². The highest BCUT2D eigenvalue weighted by atomic mass is 35.5. The number of aromatic nitrogens is 2. The summed E-state index contributed by atoms with van der Waals surface area (Å²) in [7, 11) is 0. The van der Waals surface area contributed by atoms with Gasteiger partial charge in [-0.05, 0) is 37.8 Å². The number of benzene rings is 1. The number of carbonyl (C=O) groups is 1. The number of aryl methyl sites for hydroxylation is 1. The molecule has 0 saturated carbocycles. The number of halogens is 1. The topological polar surface area (TPSA) is 52.6 Å². The highest BCUT2D eigenvalue weighted by Gasteiger charge is 2.21. The lowest BCUT2D eigenvalue weighted by atomic mass is 10.1. The van der Waals surface area contributed by atoms with Crippen molar-refractivity contribution in [3.8, 4) is 0 Å². The molecule has 0 unspecified atom stereocenters. The molecule has 30 heavy (non-hydrogen) atoms. The van der Waals surface area contributed by atoms with E-state index in [0.29, 0.717) is 16.1 Å². The molecule has 0 bridgehead atoms. The summed E-state index contributed by atoms with van der Waals surface area (Å²) in [6.07, 6.45) is 3.42. The monoisotopic (exact) mass is 445 g/mol. The molecule has 1 aromatic carbocycles. The number of piperazine rings is 1. The number of carbonyl (C=O) groups excluding carboxylic acids is 1. The molecule has 0 spiro atoms. The molecular formula is C22H28ClN5OS. The maximum absolute atomic E-state index is 12.4. The van der Waals surface area contributed by atoms with E-state index in [4.69, 9.17) is 16.6 Å². The van der Waals surface area contributed by atoms with Gasteiger partial charge in [-0.3, -0.25) is 4.79 Å². The zero-order valence-electron chi connectivity index (χ0n) is 17.4. The smallest absolute Gasteiger partial charge is 0.233 e. The number of para-hydroxylation sites is 1. The van der Waals surface area contributed by atoms with Crippen molar-refractivity contribution in [3.63, 3.8) is 0 Å². The van der Waals surface area contributed by atoms with E-state index in [1.165, 1.54) is 29.4 Å². The van der Waals surface area contributed by atoms with Crippen LogP contribution < -0.4 is 9.80 Å². The van der Waals surface area contributed by atoms with Crippen LogP contribution in [-0.4, -0.2) is 65.8 Å². The third kappa shape index (κ3) is 5.19. The number of hydrogen-bond donors (Lipinski definition) is 0. The summed E-state index contributed by atoms with van der Waals surface area (Å²) < 4.78 is 0. The van der Waals surface area contributed by atoms with Crippen LogP contribution in [0.1, 0.15) is 24.8 Å². The summed E-state index contributed by atoms with van der Waals surface area (Å²) in [6.45, 7) is 7.50. The minimum absolute atomic E-state index is 0.164. The second-order valence-corrected chi connectivity index (χ2v) is 9.15. The minimum atomic E-state index is 0.164. The normalized spacial score (nSPS) is 17.3. The number of amides is 1. The second kappa shape index (κ2) is 9.88.